The van der Waals surface area contributed by atoms with Gasteiger partial charge in [0.2, 0.25) is 0 Å². The van der Waals surface area contributed by atoms with E-state index >= 15 is 0 Å². The zero-order chi connectivity index (χ0) is 4.12. The Hall–Kier alpha value is 0.519. The van der Waals surface area contributed by atoms with E-state index in [0.717, 1.165) is 0 Å². The van der Waals surface area contributed by atoms with Crippen LogP contribution >= 0.6 is 0 Å². The van der Waals surface area contributed by atoms with Crippen molar-refractivity contribution in [2.45, 2.75) is 24.5 Å². The molecule has 0 unspecified atom stereocenters. The third-order valence-corrected chi connectivity index (χ3v) is 1.24. The van der Waals surface area contributed by atoms with Crippen LogP contribution in [0.4, 0.5) is 0 Å². The Morgan fingerprint density at radius 3 is 1.60 bits per heavy atom. The molecule has 0 rings (SSSR count). The molecule has 0 aliphatic carbocycles. The van der Waals surface area contributed by atoms with Gasteiger partial charge in [-0.2, -0.15) is 0 Å². The third kappa shape index (κ3) is 4.52. The predicted octanol–water partition coefficient (Wildman–Crippen LogP) is 1.95. The first-order valence-electron chi connectivity index (χ1n) is 1.84. The summed E-state index contributed by atoms with van der Waals surface area (Å²) in [7, 11) is 0. The van der Waals surface area contributed by atoms with Gasteiger partial charge in [-0.25, -0.2) is 0 Å². The third-order valence-electron chi connectivity index (χ3n) is 0.302. The molecule has 0 saturated heterocycles. The average Bonchev–Trinajstić information content (AvgIpc) is 1.41. The minimum atomic E-state index is 1.25. The molecule has 0 fully saturated rings. The van der Waals surface area contributed by atoms with Crippen molar-refractivity contribution in [2.24, 2.45) is 0 Å². The van der Waals surface area contributed by atoms with Gasteiger partial charge in [-0.05, 0) is 0 Å². The maximum atomic E-state index is 2.17. The van der Waals surface area contributed by atoms with Crippen molar-refractivity contribution in [3.05, 3.63) is 0 Å². The van der Waals surface area contributed by atoms with Gasteiger partial charge in [0, 0.05) is 0 Å². The second-order valence-corrected chi connectivity index (χ2v) is 2.38. The first-order valence-corrected chi connectivity index (χ1v) is 3.17. The summed E-state index contributed by atoms with van der Waals surface area (Å²) in [6.45, 7) is 4.34. The zero-order valence-corrected chi connectivity index (χ0v) is 4.66. The fourth-order valence-electron chi connectivity index (χ4n) is 0.151. The van der Waals surface area contributed by atoms with Crippen LogP contribution in [0.2, 0.25) is 10.6 Å². The van der Waals surface area contributed by atoms with Crippen LogP contribution in [-0.2, 0) is 15.0 Å². The normalized spacial score (nSPS) is 9.20. The Balaban J connectivity index is 2.19. The molecule has 37 valence electrons. The molecule has 0 atom stereocenters. The number of hydrogen-bond donors (Lipinski definition) is 0. The van der Waals surface area contributed by atoms with Crippen LogP contribution < -0.4 is 0 Å². The summed E-state index contributed by atoms with van der Waals surface area (Å²) in [6, 6.07) is 0. The van der Waals surface area contributed by atoms with Gasteiger partial charge < -0.3 is 0 Å². The summed E-state index contributed by atoms with van der Waals surface area (Å²) in [5.41, 5.74) is 0. The van der Waals surface area contributed by atoms with E-state index in [4.69, 9.17) is 0 Å². The molecular formula is C4H10Cu. The first-order chi connectivity index (χ1) is 2.41. The van der Waals surface area contributed by atoms with Gasteiger partial charge in [0.05, 0.1) is 0 Å². The quantitative estimate of drug-likeness (QED) is 0.490. The van der Waals surface area contributed by atoms with Gasteiger partial charge in [-0.1, -0.05) is 0 Å². The molecule has 0 amide bonds. The van der Waals surface area contributed by atoms with Gasteiger partial charge in [0.1, 0.15) is 0 Å². The molecule has 0 aromatic rings. The minimum absolute atomic E-state index is 1.25. The van der Waals surface area contributed by atoms with Gasteiger partial charge in [0.25, 0.3) is 0 Å². The molecule has 5 heavy (non-hydrogen) atoms. The standard InChI is InChI=1S/2C2H5.Cu/c2*1-2;/h2*1H2,2H3;. The van der Waals surface area contributed by atoms with E-state index in [9.17, 15) is 0 Å². The van der Waals surface area contributed by atoms with Crippen molar-refractivity contribution in [3.8, 4) is 0 Å². The van der Waals surface area contributed by atoms with Crippen LogP contribution in [-0.4, -0.2) is 0 Å². The second-order valence-electron chi connectivity index (χ2n) is 0.577. The fourth-order valence-corrected chi connectivity index (χ4v) is 0.622. The summed E-state index contributed by atoms with van der Waals surface area (Å²) in [5.74, 6) is 0. The molecule has 0 nitrogen and oxygen atoms in total. The predicted molar refractivity (Wildman–Crippen MR) is 21.0 cm³/mol. The fraction of sp³-hybridized carbons (Fsp3) is 1.00. The molecule has 1 heteroatoms. The Labute approximate surface area is 40.1 Å². The van der Waals surface area contributed by atoms with Crippen LogP contribution in [0, 0.1) is 0 Å². The van der Waals surface area contributed by atoms with Crippen LogP contribution in [0.3, 0.4) is 0 Å². The van der Waals surface area contributed by atoms with Crippen LogP contribution in [0.15, 0.2) is 0 Å². The van der Waals surface area contributed by atoms with Crippen LogP contribution in [0.5, 0.6) is 0 Å². The van der Waals surface area contributed by atoms with Crippen molar-refractivity contribution < 1.29 is 15.0 Å². The molecule has 0 bridgehead atoms. The summed E-state index contributed by atoms with van der Waals surface area (Å²) in [6.07, 6.45) is 0. The van der Waals surface area contributed by atoms with Gasteiger partial charge in [0.15, 0.2) is 0 Å². The van der Waals surface area contributed by atoms with E-state index in [0.29, 0.717) is 0 Å². The van der Waals surface area contributed by atoms with Gasteiger partial charge in [-0.15, -0.1) is 0 Å². The molecular weight excluding hydrogens is 112 g/mol. The number of rotatable bonds is 2. The Kier molecular flexibility index (Phi) is 4.99. The van der Waals surface area contributed by atoms with Gasteiger partial charge in [-0.3, -0.25) is 0 Å². The summed E-state index contributed by atoms with van der Waals surface area (Å²) >= 11 is 2.03. The van der Waals surface area contributed by atoms with E-state index in [1.54, 1.807) is 0 Å². The van der Waals surface area contributed by atoms with E-state index in [2.05, 4.69) is 13.8 Å². The molecule has 0 saturated carbocycles. The Morgan fingerprint density at radius 2 is 1.60 bits per heavy atom. The molecule has 0 aromatic heterocycles. The molecule has 0 spiro atoms. The van der Waals surface area contributed by atoms with E-state index < -0.39 is 0 Å². The van der Waals surface area contributed by atoms with E-state index in [1.807, 2.05) is 15.0 Å². The number of hydrogen-bond acceptors (Lipinski definition) is 0. The van der Waals surface area contributed by atoms with Crippen molar-refractivity contribution >= 4 is 0 Å². The first kappa shape index (κ1) is 5.52. The summed E-state index contributed by atoms with van der Waals surface area (Å²) in [4.78, 5) is 0. The maximum absolute atomic E-state index is 2.17. The summed E-state index contributed by atoms with van der Waals surface area (Å²) < 4.78 is 0. The topological polar surface area (TPSA) is 0 Å². The van der Waals surface area contributed by atoms with E-state index in [-0.39, 0.29) is 0 Å². The van der Waals surface area contributed by atoms with Crippen molar-refractivity contribution in [3.63, 3.8) is 0 Å². The van der Waals surface area contributed by atoms with Crippen molar-refractivity contribution in [2.75, 3.05) is 0 Å². The van der Waals surface area contributed by atoms with Crippen molar-refractivity contribution in [1.82, 2.24) is 0 Å². The molecule has 0 heterocycles. The van der Waals surface area contributed by atoms with Crippen molar-refractivity contribution in [1.29, 1.82) is 0 Å². The molecule has 0 aliphatic heterocycles. The molecule has 0 radical (unpaired) electrons. The molecule has 0 N–H and O–H groups in total. The SMILES string of the molecule is C[CH2][Cu][CH2]C. The Morgan fingerprint density at radius 1 is 1.20 bits per heavy atom. The summed E-state index contributed by atoms with van der Waals surface area (Å²) in [5, 5.41) is 2.50. The van der Waals surface area contributed by atoms with Crippen LogP contribution in [0.1, 0.15) is 13.8 Å². The van der Waals surface area contributed by atoms with Gasteiger partial charge >= 0.3 is 39.4 Å². The van der Waals surface area contributed by atoms with Crippen LogP contribution in [0.25, 0.3) is 0 Å². The average molecular weight is 122 g/mol. The van der Waals surface area contributed by atoms with E-state index in [1.165, 1.54) is 10.6 Å². The monoisotopic (exact) mass is 121 g/mol. The second kappa shape index (κ2) is 4.52. The zero-order valence-electron chi connectivity index (χ0n) is 3.72. The molecule has 0 aromatic carbocycles. The molecule has 0 aliphatic rings. The Bertz CT molecular complexity index is 11.1.